The first-order chi connectivity index (χ1) is 11.4. The lowest BCUT2D eigenvalue weighted by atomic mass is 10.1. The number of benzene rings is 1. The van der Waals surface area contributed by atoms with Gasteiger partial charge in [0.1, 0.15) is 6.04 Å². The number of carboxylic acid groups (broad SMARTS) is 2. The molecule has 1 heterocycles. The first-order valence-electron chi connectivity index (χ1n) is 6.89. The normalized spacial score (nSPS) is 11.5. The van der Waals surface area contributed by atoms with Gasteiger partial charge in [0, 0.05) is 12.1 Å². The Balaban J connectivity index is 2.14. The summed E-state index contributed by atoms with van der Waals surface area (Å²) in [7, 11) is 0. The topological polar surface area (TPSA) is 137 Å². The second-order valence-corrected chi connectivity index (χ2v) is 5.05. The molecule has 2 aromatic rings. The van der Waals surface area contributed by atoms with Crippen LogP contribution in [0.15, 0.2) is 30.3 Å². The summed E-state index contributed by atoms with van der Waals surface area (Å²) >= 11 is 5.82. The van der Waals surface area contributed by atoms with Crippen molar-refractivity contribution in [1.29, 1.82) is 0 Å². The van der Waals surface area contributed by atoms with Gasteiger partial charge in [0.15, 0.2) is 0 Å². The Kier molecular flexibility index (Phi) is 5.85. The number of hydrogen-bond donors (Lipinski definition) is 4. The molecule has 0 unspecified atom stereocenters. The molecule has 126 valence electrons. The quantitative estimate of drug-likeness (QED) is 0.562. The molecule has 1 aromatic heterocycles. The maximum Gasteiger partial charge on any atom is 0.326 e. The Morgan fingerprint density at radius 1 is 1.08 bits per heavy atom. The first-order valence-corrected chi connectivity index (χ1v) is 7.26. The number of carbonyl (C=O) groups is 2. The molecular weight excluding hydrogens is 338 g/mol. The predicted molar refractivity (Wildman–Crippen MR) is 86.5 cm³/mol. The number of aliphatic carboxylic acids is 2. The molecule has 0 saturated heterocycles. The summed E-state index contributed by atoms with van der Waals surface area (Å²) < 4.78 is 0. The van der Waals surface area contributed by atoms with Crippen LogP contribution in [0.1, 0.15) is 12.8 Å². The Hall–Kier alpha value is -2.94. The summed E-state index contributed by atoms with van der Waals surface area (Å²) in [5.74, 6) is -2.24. The highest BCUT2D eigenvalue weighted by Gasteiger charge is 2.20. The smallest absolute Gasteiger partial charge is 0.326 e. The van der Waals surface area contributed by atoms with E-state index in [1.807, 2.05) is 18.2 Å². The standard InChI is InChI=1S/C14H14ClN5O4/c15-12-18-13(16-8-4-2-1-3-5-8)20-14(19-12)17-9(11(23)24)6-7-10(21)22/h1-5,9H,6-7H2,(H,21,22)(H,23,24)(H2,16,17,18,19,20)/t9-/m0/s1. The number of aromatic nitrogens is 3. The fourth-order valence-electron chi connectivity index (χ4n) is 1.80. The monoisotopic (exact) mass is 351 g/mol. The van der Waals surface area contributed by atoms with Gasteiger partial charge in [-0.25, -0.2) is 4.79 Å². The van der Waals surface area contributed by atoms with E-state index in [0.717, 1.165) is 0 Å². The number of carboxylic acids is 2. The molecule has 0 aliphatic heterocycles. The van der Waals surface area contributed by atoms with E-state index in [4.69, 9.17) is 21.8 Å². The fourth-order valence-corrected chi connectivity index (χ4v) is 1.96. The molecule has 2 rings (SSSR count). The Morgan fingerprint density at radius 2 is 1.75 bits per heavy atom. The largest absolute Gasteiger partial charge is 0.481 e. The third-order valence-corrected chi connectivity index (χ3v) is 3.06. The predicted octanol–water partition coefficient (Wildman–Crippen LogP) is 2.00. The summed E-state index contributed by atoms with van der Waals surface area (Å²) in [5, 5.41) is 23.1. The van der Waals surface area contributed by atoms with Crippen LogP contribution in [0.5, 0.6) is 0 Å². The zero-order valence-corrected chi connectivity index (χ0v) is 13.1. The first kappa shape index (κ1) is 17.4. The maximum atomic E-state index is 11.2. The Bertz CT molecular complexity index is 728. The van der Waals surface area contributed by atoms with Gasteiger partial charge in [-0.3, -0.25) is 4.79 Å². The lowest BCUT2D eigenvalue weighted by Gasteiger charge is -2.14. The number of nitrogens with zero attached hydrogens (tertiary/aromatic N) is 3. The molecule has 1 atom stereocenters. The second kappa shape index (κ2) is 8.06. The Morgan fingerprint density at radius 3 is 2.38 bits per heavy atom. The van der Waals surface area contributed by atoms with Crippen molar-refractivity contribution in [2.75, 3.05) is 10.6 Å². The van der Waals surface area contributed by atoms with Crippen LogP contribution in [0.2, 0.25) is 5.28 Å². The zero-order chi connectivity index (χ0) is 17.5. The lowest BCUT2D eigenvalue weighted by molar-refractivity contribution is -0.139. The number of hydrogen-bond acceptors (Lipinski definition) is 7. The van der Waals surface area contributed by atoms with Gasteiger partial charge in [0.2, 0.25) is 17.2 Å². The molecule has 0 fully saturated rings. The van der Waals surface area contributed by atoms with Crippen molar-refractivity contribution in [2.24, 2.45) is 0 Å². The number of nitrogens with one attached hydrogen (secondary N) is 2. The van der Waals surface area contributed by atoms with Crippen molar-refractivity contribution < 1.29 is 19.8 Å². The van der Waals surface area contributed by atoms with E-state index in [1.54, 1.807) is 12.1 Å². The number of rotatable bonds is 8. The minimum atomic E-state index is -1.22. The molecular formula is C14H14ClN5O4. The zero-order valence-electron chi connectivity index (χ0n) is 12.3. The van der Waals surface area contributed by atoms with Crippen molar-refractivity contribution in [3.63, 3.8) is 0 Å². The van der Waals surface area contributed by atoms with Crippen LogP contribution in [-0.2, 0) is 9.59 Å². The van der Waals surface area contributed by atoms with Crippen molar-refractivity contribution >= 4 is 41.1 Å². The highest BCUT2D eigenvalue weighted by Crippen LogP contribution is 2.16. The van der Waals surface area contributed by atoms with Crippen LogP contribution in [0.25, 0.3) is 0 Å². The minimum Gasteiger partial charge on any atom is -0.481 e. The summed E-state index contributed by atoms with van der Waals surface area (Å²) in [6.45, 7) is 0. The van der Waals surface area contributed by atoms with Crippen LogP contribution in [0.4, 0.5) is 17.6 Å². The Labute approximate surface area is 141 Å². The van der Waals surface area contributed by atoms with E-state index in [2.05, 4.69) is 25.6 Å². The average molecular weight is 352 g/mol. The lowest BCUT2D eigenvalue weighted by Crippen LogP contribution is -2.31. The van der Waals surface area contributed by atoms with Crippen LogP contribution in [0.3, 0.4) is 0 Å². The molecule has 0 aliphatic rings. The molecule has 0 radical (unpaired) electrons. The second-order valence-electron chi connectivity index (χ2n) is 4.71. The van der Waals surface area contributed by atoms with Gasteiger partial charge in [-0.1, -0.05) is 18.2 Å². The van der Waals surface area contributed by atoms with Crippen LogP contribution in [0, 0.1) is 0 Å². The fraction of sp³-hybridized carbons (Fsp3) is 0.214. The van der Waals surface area contributed by atoms with Gasteiger partial charge in [-0.15, -0.1) is 0 Å². The maximum absolute atomic E-state index is 11.2. The molecule has 24 heavy (non-hydrogen) atoms. The van der Waals surface area contributed by atoms with E-state index in [9.17, 15) is 9.59 Å². The third-order valence-electron chi connectivity index (χ3n) is 2.89. The highest BCUT2D eigenvalue weighted by molar-refractivity contribution is 6.28. The highest BCUT2D eigenvalue weighted by atomic mass is 35.5. The van der Waals surface area contributed by atoms with E-state index in [0.29, 0.717) is 5.69 Å². The summed E-state index contributed by atoms with van der Waals surface area (Å²) in [4.78, 5) is 33.5. The molecule has 0 saturated carbocycles. The van der Waals surface area contributed by atoms with E-state index in [1.165, 1.54) is 0 Å². The van der Waals surface area contributed by atoms with Gasteiger partial charge in [0.25, 0.3) is 0 Å². The van der Waals surface area contributed by atoms with Crippen molar-refractivity contribution in [2.45, 2.75) is 18.9 Å². The van der Waals surface area contributed by atoms with Gasteiger partial charge in [0.05, 0.1) is 0 Å². The van der Waals surface area contributed by atoms with Crippen LogP contribution >= 0.6 is 11.6 Å². The molecule has 0 spiro atoms. The van der Waals surface area contributed by atoms with E-state index >= 15 is 0 Å². The number of halogens is 1. The summed E-state index contributed by atoms with van der Waals surface area (Å²) in [5.41, 5.74) is 0.714. The van der Waals surface area contributed by atoms with E-state index in [-0.39, 0.29) is 30.0 Å². The SMILES string of the molecule is O=C(O)CC[C@H](Nc1nc(Cl)nc(Nc2ccccc2)n1)C(=O)O. The van der Waals surface area contributed by atoms with E-state index < -0.39 is 18.0 Å². The van der Waals surface area contributed by atoms with Gasteiger partial charge < -0.3 is 20.8 Å². The van der Waals surface area contributed by atoms with Gasteiger partial charge in [-0.2, -0.15) is 15.0 Å². The van der Waals surface area contributed by atoms with Crippen molar-refractivity contribution in [1.82, 2.24) is 15.0 Å². The molecule has 0 aliphatic carbocycles. The molecule has 0 amide bonds. The summed E-state index contributed by atoms with van der Waals surface area (Å²) in [6.07, 6.45) is -0.437. The molecule has 9 nitrogen and oxygen atoms in total. The molecule has 1 aromatic carbocycles. The molecule has 0 bridgehead atoms. The van der Waals surface area contributed by atoms with Gasteiger partial charge >= 0.3 is 11.9 Å². The number of para-hydroxylation sites is 1. The van der Waals surface area contributed by atoms with Crippen LogP contribution < -0.4 is 10.6 Å². The summed E-state index contributed by atoms with van der Waals surface area (Å²) in [6, 6.07) is 7.89. The number of anilines is 3. The third kappa shape index (κ3) is 5.36. The molecule has 10 heteroatoms. The van der Waals surface area contributed by atoms with Crippen molar-refractivity contribution in [3.05, 3.63) is 35.6 Å². The van der Waals surface area contributed by atoms with Crippen molar-refractivity contribution in [3.8, 4) is 0 Å². The average Bonchev–Trinajstić information content (AvgIpc) is 2.51. The van der Waals surface area contributed by atoms with Crippen LogP contribution in [-0.4, -0.2) is 43.1 Å². The van der Waals surface area contributed by atoms with Gasteiger partial charge in [-0.05, 0) is 30.2 Å². The minimum absolute atomic E-state index is 0.0637. The molecule has 4 N–H and O–H groups in total.